The predicted octanol–water partition coefficient (Wildman–Crippen LogP) is 5.32. The van der Waals surface area contributed by atoms with Crippen molar-refractivity contribution >= 4 is 10.9 Å². The van der Waals surface area contributed by atoms with Gasteiger partial charge in [-0.05, 0) is 60.5 Å². The molecule has 0 saturated carbocycles. The Bertz CT molecular complexity index is 947. The molecule has 2 aromatic heterocycles. The van der Waals surface area contributed by atoms with Crippen LogP contribution in [0.15, 0.2) is 73.1 Å². The maximum absolute atomic E-state index is 4.65. The first-order valence-corrected chi connectivity index (χ1v) is 8.36. The Kier molecular flexibility index (Phi) is 3.87. The third-order valence-electron chi connectivity index (χ3n) is 4.50. The van der Waals surface area contributed by atoms with Gasteiger partial charge >= 0.3 is 0 Å². The summed E-state index contributed by atoms with van der Waals surface area (Å²) in [5, 5.41) is 1.23. The summed E-state index contributed by atoms with van der Waals surface area (Å²) in [6.07, 6.45) is 5.96. The maximum Gasteiger partial charge on any atom is 0.0454 e. The van der Waals surface area contributed by atoms with Crippen molar-refractivity contribution in [3.05, 3.63) is 89.9 Å². The highest BCUT2D eigenvalue weighted by molar-refractivity contribution is 5.84. The van der Waals surface area contributed by atoms with Crippen LogP contribution >= 0.6 is 0 Å². The average Bonchev–Trinajstić information content (AvgIpc) is 3.09. The molecule has 2 nitrogen and oxygen atoms in total. The fraction of sp³-hybridized carbons (Fsp3) is 0.136. The summed E-state index contributed by atoms with van der Waals surface area (Å²) in [6.45, 7) is 2.12. The van der Waals surface area contributed by atoms with Crippen LogP contribution in [-0.2, 0) is 12.8 Å². The molecule has 24 heavy (non-hydrogen) atoms. The standard InChI is InChI=1S/C22H20N2/c1-16-2-4-17(5-3-16)6-9-21-10-7-20(15-24-21)18-8-11-22-19(14-18)12-13-23-22/h2-5,7-8,10-15,23H,6,9H2,1H3. The Morgan fingerprint density at radius 1 is 0.833 bits per heavy atom. The van der Waals surface area contributed by atoms with Crippen LogP contribution in [0.4, 0.5) is 0 Å². The quantitative estimate of drug-likeness (QED) is 0.542. The summed E-state index contributed by atoms with van der Waals surface area (Å²) < 4.78 is 0. The van der Waals surface area contributed by atoms with E-state index in [9.17, 15) is 0 Å². The molecule has 0 bridgehead atoms. The van der Waals surface area contributed by atoms with Crippen molar-refractivity contribution in [3.8, 4) is 11.1 Å². The third-order valence-corrected chi connectivity index (χ3v) is 4.50. The summed E-state index contributed by atoms with van der Waals surface area (Å²) in [5.74, 6) is 0. The second-order valence-electron chi connectivity index (χ2n) is 6.30. The van der Waals surface area contributed by atoms with Gasteiger partial charge in [-0.25, -0.2) is 0 Å². The molecule has 4 aromatic rings. The normalized spacial score (nSPS) is 11.0. The van der Waals surface area contributed by atoms with E-state index in [0.29, 0.717) is 0 Å². The molecule has 0 amide bonds. The van der Waals surface area contributed by atoms with Gasteiger partial charge in [-0.3, -0.25) is 4.98 Å². The number of aromatic nitrogens is 2. The van der Waals surface area contributed by atoms with Gasteiger partial charge in [0.1, 0.15) is 0 Å². The number of pyridine rings is 1. The lowest BCUT2D eigenvalue weighted by Crippen LogP contribution is -1.94. The molecule has 0 atom stereocenters. The second-order valence-corrected chi connectivity index (χ2v) is 6.30. The minimum atomic E-state index is 0.972. The molecule has 0 aliphatic heterocycles. The van der Waals surface area contributed by atoms with Crippen molar-refractivity contribution in [1.29, 1.82) is 0 Å². The van der Waals surface area contributed by atoms with Crippen LogP contribution < -0.4 is 0 Å². The second kappa shape index (κ2) is 6.32. The van der Waals surface area contributed by atoms with Gasteiger partial charge in [0.2, 0.25) is 0 Å². The molecular weight excluding hydrogens is 292 g/mol. The number of nitrogens with zero attached hydrogens (tertiary/aromatic N) is 1. The molecule has 0 saturated heterocycles. The van der Waals surface area contributed by atoms with E-state index < -0.39 is 0 Å². The third kappa shape index (κ3) is 3.09. The lowest BCUT2D eigenvalue weighted by atomic mass is 10.0. The Morgan fingerprint density at radius 3 is 2.46 bits per heavy atom. The molecule has 2 heteroatoms. The van der Waals surface area contributed by atoms with Gasteiger partial charge in [0, 0.05) is 29.2 Å². The number of aromatic amines is 1. The van der Waals surface area contributed by atoms with Crippen LogP contribution in [0.25, 0.3) is 22.0 Å². The fourth-order valence-corrected chi connectivity index (χ4v) is 3.00. The number of H-pyrrole nitrogens is 1. The molecule has 0 aliphatic carbocycles. The first-order chi connectivity index (χ1) is 11.8. The van der Waals surface area contributed by atoms with Crippen molar-refractivity contribution in [2.45, 2.75) is 19.8 Å². The molecule has 0 fully saturated rings. The van der Waals surface area contributed by atoms with Crippen molar-refractivity contribution < 1.29 is 0 Å². The van der Waals surface area contributed by atoms with Crippen LogP contribution in [0.5, 0.6) is 0 Å². The van der Waals surface area contributed by atoms with E-state index in [1.54, 1.807) is 0 Å². The highest BCUT2D eigenvalue weighted by Gasteiger charge is 2.02. The zero-order valence-corrected chi connectivity index (χ0v) is 13.8. The van der Waals surface area contributed by atoms with E-state index in [-0.39, 0.29) is 0 Å². The van der Waals surface area contributed by atoms with Crippen LogP contribution in [0.1, 0.15) is 16.8 Å². The summed E-state index contributed by atoms with van der Waals surface area (Å²) >= 11 is 0. The molecule has 1 N–H and O–H groups in total. The number of fused-ring (bicyclic) bond motifs is 1. The Balaban J connectivity index is 1.48. The first-order valence-electron chi connectivity index (χ1n) is 8.36. The van der Waals surface area contributed by atoms with Crippen LogP contribution in [0.3, 0.4) is 0 Å². The fourth-order valence-electron chi connectivity index (χ4n) is 3.00. The van der Waals surface area contributed by atoms with Crippen LogP contribution in [0, 0.1) is 6.92 Å². The van der Waals surface area contributed by atoms with Gasteiger partial charge in [-0.1, -0.05) is 42.0 Å². The van der Waals surface area contributed by atoms with Crippen molar-refractivity contribution in [1.82, 2.24) is 9.97 Å². The van der Waals surface area contributed by atoms with Gasteiger partial charge in [-0.2, -0.15) is 0 Å². The topological polar surface area (TPSA) is 28.7 Å². The van der Waals surface area contributed by atoms with Gasteiger partial charge in [-0.15, -0.1) is 0 Å². The Morgan fingerprint density at radius 2 is 1.67 bits per heavy atom. The lowest BCUT2D eigenvalue weighted by molar-refractivity contribution is 0.914. The van der Waals surface area contributed by atoms with E-state index in [4.69, 9.17) is 0 Å². The van der Waals surface area contributed by atoms with Crippen molar-refractivity contribution in [3.63, 3.8) is 0 Å². The number of benzene rings is 2. The average molecular weight is 312 g/mol. The first kappa shape index (κ1) is 14.7. The molecule has 2 heterocycles. The van der Waals surface area contributed by atoms with Crippen LogP contribution in [0.2, 0.25) is 0 Å². The minimum Gasteiger partial charge on any atom is -0.361 e. The number of rotatable bonds is 4. The maximum atomic E-state index is 4.65. The molecule has 2 aromatic carbocycles. The largest absolute Gasteiger partial charge is 0.361 e. The summed E-state index contributed by atoms with van der Waals surface area (Å²) in [7, 11) is 0. The van der Waals surface area contributed by atoms with E-state index in [1.807, 2.05) is 12.4 Å². The van der Waals surface area contributed by atoms with Crippen LogP contribution in [-0.4, -0.2) is 9.97 Å². The smallest absolute Gasteiger partial charge is 0.0454 e. The summed E-state index contributed by atoms with van der Waals surface area (Å²) in [6, 6.07) is 21.6. The molecule has 118 valence electrons. The van der Waals surface area contributed by atoms with E-state index in [0.717, 1.165) is 24.1 Å². The van der Waals surface area contributed by atoms with Gasteiger partial charge in [0.25, 0.3) is 0 Å². The SMILES string of the molecule is Cc1ccc(CCc2ccc(-c3ccc4[nH]ccc4c3)cn2)cc1. The number of hydrogen-bond donors (Lipinski definition) is 1. The summed E-state index contributed by atoms with van der Waals surface area (Å²) in [5.41, 5.74) is 7.35. The molecule has 0 unspecified atom stereocenters. The van der Waals surface area contributed by atoms with Crippen molar-refractivity contribution in [2.24, 2.45) is 0 Å². The van der Waals surface area contributed by atoms with Gasteiger partial charge in [0.15, 0.2) is 0 Å². The number of nitrogens with one attached hydrogen (secondary N) is 1. The molecule has 0 radical (unpaired) electrons. The molecule has 0 aliphatic rings. The number of aryl methyl sites for hydroxylation is 3. The predicted molar refractivity (Wildman–Crippen MR) is 100 cm³/mol. The number of hydrogen-bond acceptors (Lipinski definition) is 1. The van der Waals surface area contributed by atoms with Gasteiger partial charge < -0.3 is 4.98 Å². The van der Waals surface area contributed by atoms with E-state index in [2.05, 4.69) is 77.6 Å². The highest BCUT2D eigenvalue weighted by Crippen LogP contribution is 2.23. The van der Waals surface area contributed by atoms with Gasteiger partial charge in [0.05, 0.1) is 0 Å². The van der Waals surface area contributed by atoms with E-state index in [1.165, 1.54) is 27.6 Å². The monoisotopic (exact) mass is 312 g/mol. The van der Waals surface area contributed by atoms with E-state index >= 15 is 0 Å². The highest BCUT2D eigenvalue weighted by atomic mass is 14.7. The zero-order chi connectivity index (χ0) is 16.4. The lowest BCUT2D eigenvalue weighted by Gasteiger charge is -2.05. The Labute approximate surface area is 142 Å². The summed E-state index contributed by atoms with van der Waals surface area (Å²) in [4.78, 5) is 7.88. The molecule has 0 spiro atoms. The van der Waals surface area contributed by atoms with Crippen molar-refractivity contribution in [2.75, 3.05) is 0 Å². The molecular formula is C22H20N2. The Hall–Kier alpha value is -2.87. The minimum absolute atomic E-state index is 0.972. The molecule has 4 rings (SSSR count). The zero-order valence-electron chi connectivity index (χ0n) is 13.8.